The minimum Gasteiger partial charge on any atom is -0.395 e. The van der Waals surface area contributed by atoms with Gasteiger partial charge in [0, 0.05) is 17.3 Å². The molecule has 4 N–H and O–H groups in total. The molecule has 0 spiro atoms. The molecule has 0 radical (unpaired) electrons. The predicted octanol–water partition coefficient (Wildman–Crippen LogP) is 2.14. The van der Waals surface area contributed by atoms with Gasteiger partial charge in [0.15, 0.2) is 11.5 Å². The lowest BCUT2D eigenvalue weighted by Crippen LogP contribution is -2.25. The van der Waals surface area contributed by atoms with Crippen LogP contribution in [0.3, 0.4) is 0 Å². The number of benzene rings is 1. The number of hydrogen-bond acceptors (Lipinski definition) is 7. The Kier molecular flexibility index (Phi) is 2.98. The van der Waals surface area contributed by atoms with Crippen LogP contribution < -0.4 is 26.1 Å². The molecule has 2 aromatic rings. The number of anilines is 3. The van der Waals surface area contributed by atoms with Gasteiger partial charge in [0.25, 0.3) is 0 Å². The third-order valence-corrected chi connectivity index (χ3v) is 2.88. The molecule has 0 saturated heterocycles. The summed E-state index contributed by atoms with van der Waals surface area (Å²) in [6.07, 6.45) is -2.31. The topological polar surface area (TPSA) is 94.3 Å². The number of nitrogens with two attached hydrogens (primary N) is 1. The van der Waals surface area contributed by atoms with E-state index in [0.717, 1.165) is 0 Å². The molecule has 0 unspecified atom stereocenters. The second-order valence-electron chi connectivity index (χ2n) is 4.29. The summed E-state index contributed by atoms with van der Waals surface area (Å²) in [5.41, 5.74) is 3.64. The number of nitrogen functional groups attached to an aromatic ring is 1. The van der Waals surface area contributed by atoms with Crippen LogP contribution in [0.25, 0.3) is 0 Å². The van der Waals surface area contributed by atoms with E-state index in [-0.39, 0.29) is 11.5 Å². The monoisotopic (exact) mass is 295 g/mol. The number of halogens is 2. The van der Waals surface area contributed by atoms with Crippen molar-refractivity contribution in [3.8, 4) is 11.5 Å². The summed E-state index contributed by atoms with van der Waals surface area (Å²) < 4.78 is 34.6. The Bertz CT molecular complexity index is 695. The van der Waals surface area contributed by atoms with Gasteiger partial charge in [-0.1, -0.05) is 0 Å². The van der Waals surface area contributed by atoms with Crippen LogP contribution in [0.5, 0.6) is 11.5 Å². The zero-order valence-corrected chi connectivity index (χ0v) is 10.9. The fraction of sp³-hybridized carbons (Fsp3) is 0.167. The average molecular weight is 295 g/mol. The van der Waals surface area contributed by atoms with E-state index in [1.807, 2.05) is 0 Å². The van der Waals surface area contributed by atoms with Gasteiger partial charge in [-0.15, -0.1) is 8.78 Å². The van der Waals surface area contributed by atoms with E-state index in [4.69, 9.17) is 5.84 Å². The largest absolute Gasteiger partial charge is 0.586 e. The molecule has 3 rings (SSSR count). The SMILES string of the molecule is Cc1c(NN)ncnc1Nc1ccc2c(c1)OC(F)(F)O2. The Hall–Kier alpha value is -2.68. The Labute approximate surface area is 118 Å². The number of rotatable bonds is 3. The molecule has 1 aliphatic rings. The van der Waals surface area contributed by atoms with E-state index in [1.165, 1.54) is 18.5 Å². The van der Waals surface area contributed by atoms with Crippen molar-refractivity contribution in [2.24, 2.45) is 5.84 Å². The van der Waals surface area contributed by atoms with Crippen molar-refractivity contribution in [1.29, 1.82) is 0 Å². The van der Waals surface area contributed by atoms with Gasteiger partial charge < -0.3 is 20.2 Å². The zero-order chi connectivity index (χ0) is 15.0. The first-order chi connectivity index (χ1) is 9.98. The van der Waals surface area contributed by atoms with Crippen LogP contribution in [0.4, 0.5) is 26.1 Å². The zero-order valence-electron chi connectivity index (χ0n) is 10.9. The van der Waals surface area contributed by atoms with Crippen LogP contribution in [-0.4, -0.2) is 16.3 Å². The second-order valence-corrected chi connectivity index (χ2v) is 4.29. The Balaban J connectivity index is 1.87. The smallest absolute Gasteiger partial charge is 0.395 e. The molecule has 21 heavy (non-hydrogen) atoms. The molecular formula is C12H11F2N5O2. The average Bonchev–Trinajstić information content (AvgIpc) is 2.74. The van der Waals surface area contributed by atoms with Crippen LogP contribution in [0.1, 0.15) is 5.56 Å². The van der Waals surface area contributed by atoms with E-state index in [2.05, 4.69) is 30.2 Å². The number of nitrogens with zero attached hydrogens (tertiary/aromatic N) is 2. The van der Waals surface area contributed by atoms with Crippen molar-refractivity contribution >= 4 is 17.3 Å². The van der Waals surface area contributed by atoms with Gasteiger partial charge in [0.2, 0.25) is 0 Å². The van der Waals surface area contributed by atoms with Crippen molar-refractivity contribution in [3.05, 3.63) is 30.1 Å². The highest BCUT2D eigenvalue weighted by Gasteiger charge is 2.43. The first-order valence-corrected chi connectivity index (χ1v) is 5.93. The maximum Gasteiger partial charge on any atom is 0.586 e. The summed E-state index contributed by atoms with van der Waals surface area (Å²) >= 11 is 0. The molecule has 0 saturated carbocycles. The summed E-state index contributed by atoms with van der Waals surface area (Å²) in [5.74, 6) is 6.21. The molecule has 1 aliphatic heterocycles. The van der Waals surface area contributed by atoms with Crippen LogP contribution in [0, 0.1) is 6.92 Å². The van der Waals surface area contributed by atoms with E-state index < -0.39 is 6.29 Å². The van der Waals surface area contributed by atoms with Gasteiger partial charge in [-0.3, -0.25) is 0 Å². The number of ether oxygens (including phenoxy) is 2. The van der Waals surface area contributed by atoms with E-state index in [0.29, 0.717) is 22.9 Å². The molecule has 0 atom stereocenters. The van der Waals surface area contributed by atoms with Crippen molar-refractivity contribution in [2.75, 3.05) is 10.7 Å². The fourth-order valence-corrected chi connectivity index (χ4v) is 1.89. The summed E-state index contributed by atoms with van der Waals surface area (Å²) in [5, 5.41) is 2.98. The third-order valence-electron chi connectivity index (χ3n) is 2.88. The molecule has 1 aromatic heterocycles. The van der Waals surface area contributed by atoms with Crippen LogP contribution in [-0.2, 0) is 0 Å². The summed E-state index contributed by atoms with van der Waals surface area (Å²) in [6.45, 7) is 1.76. The molecule has 0 amide bonds. The minimum atomic E-state index is -3.64. The quantitative estimate of drug-likeness (QED) is 0.590. The summed E-state index contributed by atoms with van der Waals surface area (Å²) in [7, 11) is 0. The Morgan fingerprint density at radius 3 is 2.62 bits per heavy atom. The van der Waals surface area contributed by atoms with Gasteiger partial charge in [0.05, 0.1) is 0 Å². The number of hydrogen-bond donors (Lipinski definition) is 3. The Morgan fingerprint density at radius 1 is 1.14 bits per heavy atom. The first kappa shape index (κ1) is 13.3. The molecule has 9 heteroatoms. The van der Waals surface area contributed by atoms with Gasteiger partial charge >= 0.3 is 6.29 Å². The number of aromatic nitrogens is 2. The highest BCUT2D eigenvalue weighted by atomic mass is 19.3. The van der Waals surface area contributed by atoms with Crippen molar-refractivity contribution in [2.45, 2.75) is 13.2 Å². The second kappa shape index (κ2) is 4.70. The molecule has 7 nitrogen and oxygen atoms in total. The number of nitrogens with one attached hydrogen (secondary N) is 2. The lowest BCUT2D eigenvalue weighted by molar-refractivity contribution is -0.286. The number of alkyl halides is 2. The van der Waals surface area contributed by atoms with Crippen molar-refractivity contribution < 1.29 is 18.3 Å². The summed E-state index contributed by atoms with van der Waals surface area (Å²) in [4.78, 5) is 8.01. The first-order valence-electron chi connectivity index (χ1n) is 5.93. The highest BCUT2D eigenvalue weighted by Crippen LogP contribution is 2.42. The standard InChI is InChI=1S/C12H11F2N5O2/c1-6-10(16-5-17-11(6)19-15)18-7-2-3-8-9(4-7)21-12(13,14)20-8/h2-5H,15H2,1H3,(H2,16,17,18,19). The van der Waals surface area contributed by atoms with Gasteiger partial charge in [-0.05, 0) is 19.1 Å². The van der Waals surface area contributed by atoms with Crippen LogP contribution in [0.2, 0.25) is 0 Å². The normalized spacial score (nSPS) is 14.9. The summed E-state index contributed by atoms with van der Waals surface area (Å²) in [6, 6.07) is 4.35. The Morgan fingerprint density at radius 2 is 1.86 bits per heavy atom. The molecule has 0 bridgehead atoms. The molecular weight excluding hydrogens is 284 g/mol. The molecule has 0 aliphatic carbocycles. The lowest BCUT2D eigenvalue weighted by Gasteiger charge is -2.11. The van der Waals surface area contributed by atoms with Gasteiger partial charge in [0.1, 0.15) is 18.0 Å². The lowest BCUT2D eigenvalue weighted by atomic mass is 10.2. The number of fused-ring (bicyclic) bond motifs is 1. The van der Waals surface area contributed by atoms with Crippen LogP contribution >= 0.6 is 0 Å². The van der Waals surface area contributed by atoms with E-state index >= 15 is 0 Å². The maximum absolute atomic E-state index is 13.0. The van der Waals surface area contributed by atoms with Gasteiger partial charge in [-0.2, -0.15) is 0 Å². The molecule has 1 aromatic carbocycles. The predicted molar refractivity (Wildman–Crippen MR) is 70.5 cm³/mol. The number of hydrazine groups is 1. The fourth-order valence-electron chi connectivity index (χ4n) is 1.89. The van der Waals surface area contributed by atoms with Crippen molar-refractivity contribution in [3.63, 3.8) is 0 Å². The molecule has 2 heterocycles. The molecule has 110 valence electrons. The highest BCUT2D eigenvalue weighted by molar-refractivity contribution is 5.66. The van der Waals surface area contributed by atoms with Crippen LogP contribution in [0.15, 0.2) is 24.5 Å². The van der Waals surface area contributed by atoms with Crippen molar-refractivity contribution in [1.82, 2.24) is 9.97 Å². The molecule has 0 fully saturated rings. The van der Waals surface area contributed by atoms with E-state index in [1.54, 1.807) is 13.0 Å². The maximum atomic E-state index is 13.0. The van der Waals surface area contributed by atoms with E-state index in [9.17, 15) is 8.78 Å². The third kappa shape index (κ3) is 2.50. The minimum absolute atomic E-state index is 0.0192. The van der Waals surface area contributed by atoms with Gasteiger partial charge in [-0.25, -0.2) is 15.8 Å².